The molecule has 1 amide bonds. The Balaban J connectivity index is 1.60. The van der Waals surface area contributed by atoms with E-state index in [0.29, 0.717) is 6.04 Å². The van der Waals surface area contributed by atoms with Crippen molar-refractivity contribution in [2.75, 3.05) is 11.9 Å². The largest absolute Gasteiger partial charge is 0.384 e. The van der Waals surface area contributed by atoms with Crippen LogP contribution in [0.3, 0.4) is 0 Å². The minimum absolute atomic E-state index is 0.0748. The molecule has 3 nitrogen and oxygen atoms in total. The highest BCUT2D eigenvalue weighted by Crippen LogP contribution is 2.27. The number of nitrogens with one attached hydrogen (secondary N) is 2. The zero-order valence-electron chi connectivity index (χ0n) is 11.5. The van der Waals surface area contributed by atoms with Crippen molar-refractivity contribution in [1.82, 2.24) is 5.32 Å². The molecule has 1 fully saturated rings. The van der Waals surface area contributed by atoms with E-state index in [4.69, 9.17) is 0 Å². The molecule has 2 N–H and O–H groups in total. The van der Waals surface area contributed by atoms with Crippen LogP contribution in [0.5, 0.6) is 0 Å². The van der Waals surface area contributed by atoms with Crippen LogP contribution in [0, 0.1) is 11.8 Å². The number of hydrogen-bond donors (Lipinski definition) is 2. The maximum atomic E-state index is 12.3. The van der Waals surface area contributed by atoms with E-state index in [2.05, 4.69) is 29.7 Å². The molecule has 0 aromatic heterocycles. The standard InChI is InChI=1S/C16H22N2O/c1-11-6-7-14(8-11)18-16(19)13-9-12-4-2-3-5-15(12)17-10-13/h2-5,11,13-14,17H,6-10H2,1H3,(H,18,19). The van der Waals surface area contributed by atoms with Gasteiger partial charge >= 0.3 is 0 Å². The van der Waals surface area contributed by atoms with Crippen molar-refractivity contribution in [3.05, 3.63) is 29.8 Å². The van der Waals surface area contributed by atoms with E-state index in [0.717, 1.165) is 31.7 Å². The van der Waals surface area contributed by atoms with Gasteiger partial charge in [-0.25, -0.2) is 0 Å². The average molecular weight is 258 g/mol. The highest BCUT2D eigenvalue weighted by atomic mass is 16.2. The number of fused-ring (bicyclic) bond motifs is 1. The normalized spacial score (nSPS) is 29.4. The van der Waals surface area contributed by atoms with Crippen LogP contribution in [-0.2, 0) is 11.2 Å². The maximum absolute atomic E-state index is 12.3. The lowest BCUT2D eigenvalue weighted by Crippen LogP contribution is -2.42. The van der Waals surface area contributed by atoms with Gasteiger partial charge in [0, 0.05) is 18.3 Å². The van der Waals surface area contributed by atoms with Crippen molar-refractivity contribution in [3.63, 3.8) is 0 Å². The van der Waals surface area contributed by atoms with E-state index in [1.165, 1.54) is 17.7 Å². The molecule has 0 spiro atoms. The Kier molecular flexibility index (Phi) is 3.45. The van der Waals surface area contributed by atoms with E-state index in [9.17, 15) is 4.79 Å². The molecule has 102 valence electrons. The monoisotopic (exact) mass is 258 g/mol. The third-order valence-corrected chi connectivity index (χ3v) is 4.43. The van der Waals surface area contributed by atoms with Gasteiger partial charge in [0.05, 0.1) is 5.92 Å². The minimum atomic E-state index is 0.0748. The fourth-order valence-electron chi connectivity index (χ4n) is 3.28. The lowest BCUT2D eigenvalue weighted by Gasteiger charge is -2.26. The van der Waals surface area contributed by atoms with Crippen LogP contribution in [0.25, 0.3) is 0 Å². The molecule has 1 saturated carbocycles. The van der Waals surface area contributed by atoms with Gasteiger partial charge in [-0.1, -0.05) is 25.1 Å². The first-order valence-electron chi connectivity index (χ1n) is 7.34. The van der Waals surface area contributed by atoms with Crippen LogP contribution in [0.4, 0.5) is 5.69 Å². The Hall–Kier alpha value is -1.51. The lowest BCUT2D eigenvalue weighted by atomic mass is 9.93. The second-order valence-electron chi connectivity index (χ2n) is 6.06. The van der Waals surface area contributed by atoms with Gasteiger partial charge in [0.2, 0.25) is 5.91 Å². The van der Waals surface area contributed by atoms with Gasteiger partial charge in [-0.2, -0.15) is 0 Å². The number of amides is 1. The van der Waals surface area contributed by atoms with Crippen LogP contribution in [0.2, 0.25) is 0 Å². The minimum Gasteiger partial charge on any atom is -0.384 e. The van der Waals surface area contributed by atoms with Crippen LogP contribution in [0.15, 0.2) is 24.3 Å². The van der Waals surface area contributed by atoms with Gasteiger partial charge in [-0.05, 0) is 43.2 Å². The summed E-state index contributed by atoms with van der Waals surface area (Å²) in [4.78, 5) is 12.3. The summed E-state index contributed by atoms with van der Waals surface area (Å²) >= 11 is 0. The molecule has 0 saturated heterocycles. The molecule has 19 heavy (non-hydrogen) atoms. The molecule has 3 heteroatoms. The predicted octanol–water partition coefficient (Wildman–Crippen LogP) is 2.58. The summed E-state index contributed by atoms with van der Waals surface area (Å²) < 4.78 is 0. The number of anilines is 1. The molecule has 1 heterocycles. The third-order valence-electron chi connectivity index (χ3n) is 4.43. The van der Waals surface area contributed by atoms with Gasteiger partial charge < -0.3 is 10.6 Å². The Morgan fingerprint density at radius 1 is 1.32 bits per heavy atom. The smallest absolute Gasteiger partial charge is 0.225 e. The molecule has 1 aromatic carbocycles. The van der Waals surface area contributed by atoms with Crippen LogP contribution in [0.1, 0.15) is 31.7 Å². The highest BCUT2D eigenvalue weighted by molar-refractivity contribution is 5.81. The van der Waals surface area contributed by atoms with Crippen LogP contribution in [-0.4, -0.2) is 18.5 Å². The molecule has 1 aliphatic heterocycles. The molecular formula is C16H22N2O. The summed E-state index contributed by atoms with van der Waals surface area (Å²) in [6.07, 6.45) is 4.39. The molecular weight excluding hydrogens is 236 g/mol. The average Bonchev–Trinajstić information content (AvgIpc) is 2.83. The SMILES string of the molecule is CC1CCC(NC(=O)C2CNc3ccccc3C2)C1. The summed E-state index contributed by atoms with van der Waals surface area (Å²) in [6, 6.07) is 8.67. The first-order chi connectivity index (χ1) is 9.22. The van der Waals surface area contributed by atoms with E-state index in [-0.39, 0.29) is 11.8 Å². The second-order valence-corrected chi connectivity index (χ2v) is 6.06. The predicted molar refractivity (Wildman–Crippen MR) is 77.1 cm³/mol. The third kappa shape index (κ3) is 2.75. The van der Waals surface area contributed by atoms with Crippen molar-refractivity contribution in [2.45, 2.75) is 38.6 Å². The van der Waals surface area contributed by atoms with Crippen LogP contribution < -0.4 is 10.6 Å². The van der Waals surface area contributed by atoms with Gasteiger partial charge in [-0.15, -0.1) is 0 Å². The molecule has 3 atom stereocenters. The summed E-state index contributed by atoms with van der Waals surface area (Å²) in [7, 11) is 0. The molecule has 2 aliphatic rings. The molecule has 0 radical (unpaired) electrons. The lowest BCUT2D eigenvalue weighted by molar-refractivity contribution is -0.125. The number of carbonyl (C=O) groups excluding carboxylic acids is 1. The van der Waals surface area contributed by atoms with Crippen molar-refractivity contribution in [2.24, 2.45) is 11.8 Å². The van der Waals surface area contributed by atoms with Gasteiger partial charge in [0.1, 0.15) is 0 Å². The van der Waals surface area contributed by atoms with Gasteiger partial charge in [0.25, 0.3) is 0 Å². The summed E-state index contributed by atoms with van der Waals surface area (Å²) in [5.41, 5.74) is 2.44. The van der Waals surface area contributed by atoms with Crippen molar-refractivity contribution >= 4 is 11.6 Å². The fraction of sp³-hybridized carbons (Fsp3) is 0.562. The van der Waals surface area contributed by atoms with Crippen molar-refractivity contribution < 1.29 is 4.79 Å². The molecule has 3 unspecified atom stereocenters. The molecule has 1 aromatic rings. The van der Waals surface area contributed by atoms with Crippen LogP contribution >= 0.6 is 0 Å². The summed E-state index contributed by atoms with van der Waals surface area (Å²) in [5, 5.41) is 6.60. The van der Waals surface area contributed by atoms with E-state index >= 15 is 0 Å². The Labute approximate surface area is 114 Å². The zero-order valence-corrected chi connectivity index (χ0v) is 11.5. The highest BCUT2D eigenvalue weighted by Gasteiger charge is 2.28. The topological polar surface area (TPSA) is 41.1 Å². The number of carbonyl (C=O) groups is 1. The van der Waals surface area contributed by atoms with Crippen molar-refractivity contribution in [1.29, 1.82) is 0 Å². The molecule has 1 aliphatic carbocycles. The number of para-hydroxylation sites is 1. The van der Waals surface area contributed by atoms with E-state index in [1.54, 1.807) is 0 Å². The number of benzene rings is 1. The maximum Gasteiger partial charge on any atom is 0.225 e. The summed E-state index contributed by atoms with van der Waals surface area (Å²) in [6.45, 7) is 3.02. The second kappa shape index (κ2) is 5.24. The Bertz CT molecular complexity index is 472. The quantitative estimate of drug-likeness (QED) is 0.856. The Morgan fingerprint density at radius 2 is 2.16 bits per heavy atom. The fourth-order valence-corrected chi connectivity index (χ4v) is 3.28. The first-order valence-corrected chi connectivity index (χ1v) is 7.34. The van der Waals surface area contributed by atoms with E-state index < -0.39 is 0 Å². The molecule has 0 bridgehead atoms. The van der Waals surface area contributed by atoms with E-state index in [1.807, 2.05) is 12.1 Å². The zero-order chi connectivity index (χ0) is 13.2. The van der Waals surface area contributed by atoms with Gasteiger partial charge in [0.15, 0.2) is 0 Å². The number of rotatable bonds is 2. The van der Waals surface area contributed by atoms with Crippen molar-refractivity contribution in [3.8, 4) is 0 Å². The molecule has 3 rings (SSSR count). The Morgan fingerprint density at radius 3 is 2.95 bits per heavy atom. The summed E-state index contributed by atoms with van der Waals surface area (Å²) in [5.74, 6) is 1.06. The van der Waals surface area contributed by atoms with Gasteiger partial charge in [-0.3, -0.25) is 4.79 Å². The number of hydrogen-bond acceptors (Lipinski definition) is 2. The first kappa shape index (κ1) is 12.5.